The molecule has 2 rings (SSSR count). The third kappa shape index (κ3) is 4.14. The second-order valence-electron chi connectivity index (χ2n) is 4.92. The maximum Gasteiger partial charge on any atom is 0.0796 e. The Hall–Kier alpha value is -0.860. The van der Waals surface area contributed by atoms with E-state index < -0.39 is 0 Å². The first-order chi connectivity index (χ1) is 8.36. The second kappa shape index (κ2) is 6.77. The summed E-state index contributed by atoms with van der Waals surface area (Å²) >= 11 is 0. The fraction of sp³-hybridized carbons (Fsp3) is 0.600. The van der Waals surface area contributed by atoms with Gasteiger partial charge in [-0.05, 0) is 50.8 Å². The van der Waals surface area contributed by atoms with E-state index in [9.17, 15) is 0 Å². The highest BCUT2D eigenvalue weighted by atomic mass is 16.5. The molecule has 0 saturated carbocycles. The van der Waals surface area contributed by atoms with Crippen LogP contribution in [0.5, 0.6) is 0 Å². The van der Waals surface area contributed by atoms with E-state index in [2.05, 4.69) is 36.5 Å². The Balaban J connectivity index is 1.67. The molecule has 0 spiro atoms. The molecule has 0 radical (unpaired) electrons. The topological polar surface area (TPSA) is 21.3 Å². The molecule has 2 unspecified atom stereocenters. The Bertz CT molecular complexity index is 306. The van der Waals surface area contributed by atoms with Gasteiger partial charge in [-0.15, -0.1) is 0 Å². The zero-order valence-electron chi connectivity index (χ0n) is 10.7. The van der Waals surface area contributed by atoms with Gasteiger partial charge in [-0.2, -0.15) is 0 Å². The van der Waals surface area contributed by atoms with Crippen LogP contribution in [-0.2, 0) is 4.74 Å². The van der Waals surface area contributed by atoms with Crippen LogP contribution in [0.2, 0.25) is 0 Å². The molecular formula is C15H23NO. The van der Waals surface area contributed by atoms with Crippen molar-refractivity contribution in [1.82, 2.24) is 5.32 Å². The highest BCUT2D eigenvalue weighted by Crippen LogP contribution is 2.19. The number of piperidine rings is 1. The Kier molecular flexibility index (Phi) is 5.02. The molecule has 1 heterocycles. The van der Waals surface area contributed by atoms with Crippen LogP contribution in [0, 0.1) is 5.92 Å². The third-order valence-corrected chi connectivity index (χ3v) is 3.56. The zero-order chi connectivity index (χ0) is 11.9. The molecule has 2 nitrogen and oxygen atoms in total. The lowest BCUT2D eigenvalue weighted by atomic mass is 9.97. The number of benzene rings is 1. The molecule has 2 atom stereocenters. The quantitative estimate of drug-likeness (QED) is 0.843. The first-order valence-corrected chi connectivity index (χ1v) is 6.73. The van der Waals surface area contributed by atoms with Crippen molar-refractivity contribution in [2.45, 2.75) is 32.3 Å². The molecule has 0 amide bonds. The minimum atomic E-state index is 0.216. The molecule has 1 aromatic carbocycles. The van der Waals surface area contributed by atoms with Crippen molar-refractivity contribution in [1.29, 1.82) is 0 Å². The summed E-state index contributed by atoms with van der Waals surface area (Å²) in [5, 5.41) is 3.45. The summed E-state index contributed by atoms with van der Waals surface area (Å²) in [4.78, 5) is 0. The largest absolute Gasteiger partial charge is 0.374 e. The van der Waals surface area contributed by atoms with Gasteiger partial charge in [-0.3, -0.25) is 0 Å². The van der Waals surface area contributed by atoms with E-state index in [1.54, 1.807) is 0 Å². The summed E-state index contributed by atoms with van der Waals surface area (Å²) in [6.45, 7) is 5.37. The summed E-state index contributed by atoms with van der Waals surface area (Å²) in [6.07, 6.45) is 4.08. The van der Waals surface area contributed by atoms with Crippen LogP contribution >= 0.6 is 0 Å². The van der Waals surface area contributed by atoms with Gasteiger partial charge in [0.1, 0.15) is 0 Å². The van der Waals surface area contributed by atoms with Crippen LogP contribution in [0.25, 0.3) is 0 Å². The highest BCUT2D eigenvalue weighted by Gasteiger charge is 2.13. The van der Waals surface area contributed by atoms with Crippen LogP contribution in [0.1, 0.15) is 37.9 Å². The first kappa shape index (κ1) is 12.6. The van der Waals surface area contributed by atoms with Crippen LogP contribution in [0.15, 0.2) is 30.3 Å². The third-order valence-electron chi connectivity index (χ3n) is 3.56. The lowest BCUT2D eigenvalue weighted by molar-refractivity contribution is 0.0538. The maximum atomic E-state index is 5.90. The Labute approximate surface area is 104 Å². The van der Waals surface area contributed by atoms with Gasteiger partial charge in [0.15, 0.2) is 0 Å². The summed E-state index contributed by atoms with van der Waals surface area (Å²) < 4.78 is 5.90. The minimum absolute atomic E-state index is 0.216. The number of hydrogen-bond donors (Lipinski definition) is 1. The SMILES string of the molecule is CC(OCCC1CCCNC1)c1ccccc1. The number of rotatable bonds is 5. The molecule has 17 heavy (non-hydrogen) atoms. The predicted molar refractivity (Wildman–Crippen MR) is 71.0 cm³/mol. The first-order valence-electron chi connectivity index (χ1n) is 6.73. The molecule has 1 aromatic rings. The van der Waals surface area contributed by atoms with Crippen molar-refractivity contribution in [2.24, 2.45) is 5.92 Å². The summed E-state index contributed by atoms with van der Waals surface area (Å²) in [5.74, 6) is 0.812. The molecule has 94 valence electrons. The Morgan fingerprint density at radius 2 is 2.18 bits per heavy atom. The lowest BCUT2D eigenvalue weighted by Crippen LogP contribution is -2.30. The van der Waals surface area contributed by atoms with Crippen molar-refractivity contribution >= 4 is 0 Å². The molecule has 1 aliphatic rings. The van der Waals surface area contributed by atoms with Crippen molar-refractivity contribution < 1.29 is 4.74 Å². The van der Waals surface area contributed by atoms with Crippen molar-refractivity contribution in [3.8, 4) is 0 Å². The molecule has 2 heteroatoms. The van der Waals surface area contributed by atoms with E-state index in [1.807, 2.05) is 6.07 Å². The summed E-state index contributed by atoms with van der Waals surface area (Å²) in [5.41, 5.74) is 1.27. The van der Waals surface area contributed by atoms with Gasteiger partial charge < -0.3 is 10.1 Å². The molecule has 0 aliphatic carbocycles. The molecular weight excluding hydrogens is 210 g/mol. The van der Waals surface area contributed by atoms with Crippen LogP contribution in [0.3, 0.4) is 0 Å². The van der Waals surface area contributed by atoms with Crippen molar-refractivity contribution in [3.05, 3.63) is 35.9 Å². The molecule has 1 aliphatic heterocycles. The fourth-order valence-electron chi connectivity index (χ4n) is 2.40. The van der Waals surface area contributed by atoms with E-state index in [1.165, 1.54) is 37.9 Å². The molecule has 0 aromatic heterocycles. The van der Waals surface area contributed by atoms with E-state index in [0.29, 0.717) is 0 Å². The molecule has 1 fully saturated rings. The number of nitrogens with one attached hydrogen (secondary N) is 1. The predicted octanol–water partition coefficient (Wildman–Crippen LogP) is 3.15. The van der Waals surface area contributed by atoms with Gasteiger partial charge in [-0.25, -0.2) is 0 Å². The molecule has 0 bridgehead atoms. The maximum absolute atomic E-state index is 5.90. The van der Waals surface area contributed by atoms with Crippen molar-refractivity contribution in [3.63, 3.8) is 0 Å². The Morgan fingerprint density at radius 3 is 2.88 bits per heavy atom. The van der Waals surface area contributed by atoms with E-state index in [0.717, 1.165) is 12.5 Å². The minimum Gasteiger partial charge on any atom is -0.374 e. The molecule has 1 saturated heterocycles. The monoisotopic (exact) mass is 233 g/mol. The standard InChI is InChI=1S/C15H23NO/c1-13(15-7-3-2-4-8-15)17-11-9-14-6-5-10-16-12-14/h2-4,7-8,13-14,16H,5-6,9-12H2,1H3. The normalized spacial score (nSPS) is 22.3. The summed E-state index contributed by atoms with van der Waals surface area (Å²) in [6, 6.07) is 10.4. The molecule has 1 N–H and O–H groups in total. The average molecular weight is 233 g/mol. The van der Waals surface area contributed by atoms with Gasteiger partial charge in [0.2, 0.25) is 0 Å². The number of hydrogen-bond acceptors (Lipinski definition) is 2. The van der Waals surface area contributed by atoms with Gasteiger partial charge in [0.05, 0.1) is 6.10 Å². The summed E-state index contributed by atoms with van der Waals surface area (Å²) in [7, 11) is 0. The van der Waals surface area contributed by atoms with Crippen LogP contribution < -0.4 is 5.32 Å². The van der Waals surface area contributed by atoms with Gasteiger partial charge in [0.25, 0.3) is 0 Å². The van der Waals surface area contributed by atoms with Crippen molar-refractivity contribution in [2.75, 3.05) is 19.7 Å². The lowest BCUT2D eigenvalue weighted by Gasteiger charge is -2.23. The number of ether oxygens (including phenoxy) is 1. The van der Waals surface area contributed by atoms with Crippen LogP contribution in [-0.4, -0.2) is 19.7 Å². The average Bonchev–Trinajstić information content (AvgIpc) is 2.41. The highest BCUT2D eigenvalue weighted by molar-refractivity contribution is 5.16. The van der Waals surface area contributed by atoms with Crippen LogP contribution in [0.4, 0.5) is 0 Å². The second-order valence-corrected chi connectivity index (χ2v) is 4.92. The van der Waals surface area contributed by atoms with E-state index in [4.69, 9.17) is 4.74 Å². The van der Waals surface area contributed by atoms with Gasteiger partial charge in [0, 0.05) is 6.61 Å². The smallest absolute Gasteiger partial charge is 0.0796 e. The Morgan fingerprint density at radius 1 is 1.35 bits per heavy atom. The van der Waals surface area contributed by atoms with E-state index >= 15 is 0 Å². The van der Waals surface area contributed by atoms with Gasteiger partial charge >= 0.3 is 0 Å². The zero-order valence-corrected chi connectivity index (χ0v) is 10.7. The van der Waals surface area contributed by atoms with E-state index in [-0.39, 0.29) is 6.10 Å². The van der Waals surface area contributed by atoms with Gasteiger partial charge in [-0.1, -0.05) is 30.3 Å². The fourth-order valence-corrected chi connectivity index (χ4v) is 2.40.